The second kappa shape index (κ2) is 4.51. The smallest absolute Gasteiger partial charge is 0.251 e. The molecule has 0 aromatic heterocycles. The van der Waals surface area contributed by atoms with Crippen LogP contribution in [0.1, 0.15) is 36.0 Å². The Morgan fingerprint density at radius 3 is 2.69 bits per heavy atom. The topological polar surface area (TPSA) is 55.1 Å². The number of nitrogens with two attached hydrogens (primary N) is 1. The zero-order valence-corrected chi connectivity index (χ0v) is 9.00. The molecule has 1 amide bonds. The minimum atomic E-state index is -0.543. The van der Waals surface area contributed by atoms with Gasteiger partial charge in [0.2, 0.25) is 0 Å². The molecule has 1 fully saturated rings. The molecule has 1 aromatic carbocycles. The zero-order chi connectivity index (χ0) is 11.5. The summed E-state index contributed by atoms with van der Waals surface area (Å²) >= 11 is 0. The highest BCUT2D eigenvalue weighted by molar-refractivity contribution is 5.94. The molecule has 0 unspecified atom stereocenters. The average molecular weight is 222 g/mol. The van der Waals surface area contributed by atoms with Gasteiger partial charge in [-0.05, 0) is 31.0 Å². The Hall–Kier alpha value is -1.58. The Kier molecular flexibility index (Phi) is 3.08. The van der Waals surface area contributed by atoms with Crippen molar-refractivity contribution in [2.75, 3.05) is 5.73 Å². The fraction of sp³-hybridized carbons (Fsp3) is 0.417. The first-order valence-electron chi connectivity index (χ1n) is 5.52. The molecule has 1 saturated carbocycles. The third-order valence-electron chi connectivity index (χ3n) is 2.95. The number of anilines is 1. The number of carbonyl (C=O) groups excluding carboxylic acids is 1. The van der Waals surface area contributed by atoms with Crippen LogP contribution in [-0.4, -0.2) is 11.9 Å². The molecular weight excluding hydrogens is 207 g/mol. The van der Waals surface area contributed by atoms with Gasteiger partial charge in [0.25, 0.3) is 5.91 Å². The number of halogens is 1. The van der Waals surface area contributed by atoms with Crippen molar-refractivity contribution < 1.29 is 9.18 Å². The highest BCUT2D eigenvalue weighted by atomic mass is 19.1. The van der Waals surface area contributed by atoms with Crippen molar-refractivity contribution in [1.29, 1.82) is 0 Å². The minimum Gasteiger partial charge on any atom is -0.396 e. The second-order valence-electron chi connectivity index (χ2n) is 4.19. The lowest BCUT2D eigenvalue weighted by Crippen LogP contribution is -2.32. The fourth-order valence-corrected chi connectivity index (χ4v) is 2.01. The summed E-state index contributed by atoms with van der Waals surface area (Å²) in [7, 11) is 0. The lowest BCUT2D eigenvalue weighted by atomic mass is 10.1. The van der Waals surface area contributed by atoms with Crippen LogP contribution in [0.5, 0.6) is 0 Å². The van der Waals surface area contributed by atoms with Gasteiger partial charge in [0.15, 0.2) is 0 Å². The van der Waals surface area contributed by atoms with Crippen molar-refractivity contribution in [3.8, 4) is 0 Å². The Balaban J connectivity index is 2.05. The summed E-state index contributed by atoms with van der Waals surface area (Å²) in [5.74, 6) is -0.759. The van der Waals surface area contributed by atoms with E-state index in [4.69, 9.17) is 5.73 Å². The third-order valence-corrected chi connectivity index (χ3v) is 2.95. The first-order chi connectivity index (χ1) is 7.66. The van der Waals surface area contributed by atoms with E-state index >= 15 is 0 Å². The molecule has 0 aliphatic heterocycles. The zero-order valence-electron chi connectivity index (χ0n) is 9.00. The van der Waals surface area contributed by atoms with Gasteiger partial charge >= 0.3 is 0 Å². The van der Waals surface area contributed by atoms with E-state index in [1.54, 1.807) is 6.07 Å². The third kappa shape index (κ3) is 2.32. The Morgan fingerprint density at radius 2 is 2.06 bits per heavy atom. The van der Waals surface area contributed by atoms with Gasteiger partial charge in [-0.3, -0.25) is 4.79 Å². The number of nitrogens with one attached hydrogen (secondary N) is 1. The van der Waals surface area contributed by atoms with Crippen molar-refractivity contribution >= 4 is 11.6 Å². The van der Waals surface area contributed by atoms with E-state index in [0.29, 0.717) is 5.56 Å². The summed E-state index contributed by atoms with van der Waals surface area (Å²) in [5, 5.41) is 2.90. The molecule has 0 radical (unpaired) electrons. The minimum absolute atomic E-state index is 0.0671. The van der Waals surface area contributed by atoms with Gasteiger partial charge in [-0.2, -0.15) is 0 Å². The number of hydrogen-bond donors (Lipinski definition) is 2. The maximum absolute atomic E-state index is 13.1. The van der Waals surface area contributed by atoms with Crippen molar-refractivity contribution in [1.82, 2.24) is 5.32 Å². The lowest BCUT2D eigenvalue weighted by molar-refractivity contribution is 0.0937. The van der Waals surface area contributed by atoms with Gasteiger partial charge in [0.1, 0.15) is 5.82 Å². The summed E-state index contributed by atoms with van der Waals surface area (Å²) in [6.07, 6.45) is 4.34. The van der Waals surface area contributed by atoms with Gasteiger partial charge < -0.3 is 11.1 Å². The van der Waals surface area contributed by atoms with Crippen LogP contribution in [0.2, 0.25) is 0 Å². The predicted octanol–water partition coefficient (Wildman–Crippen LogP) is 2.08. The number of hydrogen-bond acceptors (Lipinski definition) is 2. The molecule has 3 nitrogen and oxygen atoms in total. The van der Waals surface area contributed by atoms with Crippen LogP contribution in [0.15, 0.2) is 18.2 Å². The van der Waals surface area contributed by atoms with E-state index in [9.17, 15) is 9.18 Å². The molecule has 1 aromatic rings. The molecular formula is C12H15FN2O. The number of amides is 1. The molecule has 16 heavy (non-hydrogen) atoms. The largest absolute Gasteiger partial charge is 0.396 e. The molecule has 0 atom stereocenters. The molecule has 1 aliphatic carbocycles. The van der Waals surface area contributed by atoms with E-state index in [2.05, 4.69) is 5.32 Å². The number of nitrogen functional groups attached to an aromatic ring is 1. The highest BCUT2D eigenvalue weighted by Crippen LogP contribution is 2.18. The van der Waals surface area contributed by atoms with Gasteiger partial charge in [-0.1, -0.05) is 12.8 Å². The summed E-state index contributed by atoms with van der Waals surface area (Å²) in [6.45, 7) is 0. The molecule has 0 heterocycles. The maximum atomic E-state index is 13.1. The van der Waals surface area contributed by atoms with Crippen LogP contribution in [0.3, 0.4) is 0 Å². The standard InChI is InChI=1S/C12H15FN2O/c13-10-7-8(5-6-11(10)14)12(16)15-9-3-1-2-4-9/h5-7,9H,1-4,14H2,(H,15,16). The Labute approximate surface area is 93.8 Å². The number of benzene rings is 1. The molecule has 0 spiro atoms. The van der Waals surface area contributed by atoms with Crippen LogP contribution in [0.4, 0.5) is 10.1 Å². The van der Waals surface area contributed by atoms with E-state index in [1.807, 2.05) is 0 Å². The average Bonchev–Trinajstić information content (AvgIpc) is 2.74. The maximum Gasteiger partial charge on any atom is 0.251 e. The number of rotatable bonds is 2. The van der Waals surface area contributed by atoms with E-state index in [0.717, 1.165) is 25.7 Å². The summed E-state index contributed by atoms with van der Waals surface area (Å²) in [6, 6.07) is 4.38. The monoisotopic (exact) mass is 222 g/mol. The molecule has 86 valence electrons. The second-order valence-corrected chi connectivity index (χ2v) is 4.19. The molecule has 3 N–H and O–H groups in total. The van der Waals surface area contributed by atoms with Crippen LogP contribution >= 0.6 is 0 Å². The van der Waals surface area contributed by atoms with Crippen molar-refractivity contribution in [3.05, 3.63) is 29.6 Å². The van der Waals surface area contributed by atoms with Gasteiger partial charge in [-0.25, -0.2) is 4.39 Å². The van der Waals surface area contributed by atoms with Gasteiger partial charge in [-0.15, -0.1) is 0 Å². The summed E-state index contributed by atoms with van der Waals surface area (Å²) < 4.78 is 13.1. The summed E-state index contributed by atoms with van der Waals surface area (Å²) in [5.41, 5.74) is 5.74. The SMILES string of the molecule is Nc1ccc(C(=O)NC2CCCC2)cc1F. The highest BCUT2D eigenvalue weighted by Gasteiger charge is 2.18. The normalized spacial score (nSPS) is 16.3. The molecule has 2 rings (SSSR count). The van der Waals surface area contributed by atoms with Crippen LogP contribution in [0.25, 0.3) is 0 Å². The predicted molar refractivity (Wildman–Crippen MR) is 60.5 cm³/mol. The van der Waals surface area contributed by atoms with Crippen LogP contribution in [-0.2, 0) is 0 Å². The quantitative estimate of drug-likeness (QED) is 0.753. The van der Waals surface area contributed by atoms with Crippen LogP contribution < -0.4 is 11.1 Å². The molecule has 0 saturated heterocycles. The van der Waals surface area contributed by atoms with Gasteiger partial charge in [0.05, 0.1) is 5.69 Å². The van der Waals surface area contributed by atoms with Crippen LogP contribution in [0, 0.1) is 5.82 Å². The van der Waals surface area contributed by atoms with E-state index < -0.39 is 5.82 Å². The Morgan fingerprint density at radius 1 is 1.38 bits per heavy atom. The molecule has 4 heteroatoms. The van der Waals surface area contributed by atoms with E-state index in [-0.39, 0.29) is 17.6 Å². The lowest BCUT2D eigenvalue weighted by Gasteiger charge is -2.11. The Bertz CT molecular complexity index is 400. The van der Waals surface area contributed by atoms with Crippen molar-refractivity contribution in [3.63, 3.8) is 0 Å². The first-order valence-corrected chi connectivity index (χ1v) is 5.52. The summed E-state index contributed by atoms with van der Waals surface area (Å²) in [4.78, 5) is 11.7. The van der Waals surface area contributed by atoms with Crippen molar-refractivity contribution in [2.45, 2.75) is 31.7 Å². The molecule has 0 bridgehead atoms. The van der Waals surface area contributed by atoms with E-state index in [1.165, 1.54) is 12.1 Å². The van der Waals surface area contributed by atoms with Gasteiger partial charge in [0, 0.05) is 11.6 Å². The first kappa shape index (κ1) is 10.9. The fourth-order valence-electron chi connectivity index (χ4n) is 2.01. The van der Waals surface area contributed by atoms with Crippen molar-refractivity contribution in [2.24, 2.45) is 0 Å². The number of carbonyl (C=O) groups is 1. The molecule has 1 aliphatic rings.